The summed E-state index contributed by atoms with van der Waals surface area (Å²) in [6.07, 6.45) is 1.88. The van der Waals surface area contributed by atoms with Crippen molar-refractivity contribution in [2.45, 2.75) is 103 Å². The Hall–Kier alpha value is -1.91. The number of carboxylic acids is 1. The molecule has 11 atom stereocenters. The van der Waals surface area contributed by atoms with Crippen molar-refractivity contribution < 1.29 is 44.7 Å². The number of hydrogen-bond donors (Lipinski definition) is 5. The quantitative estimate of drug-likeness (QED) is 0.237. The van der Waals surface area contributed by atoms with Crippen LogP contribution in [0.1, 0.15) is 73.6 Å². The van der Waals surface area contributed by atoms with Gasteiger partial charge < -0.3 is 30.3 Å². The molecule has 1 heterocycles. The first kappa shape index (κ1) is 28.6. The molecule has 216 valence electrons. The number of aliphatic hydroxyl groups is 4. The molecule has 9 heteroatoms. The van der Waals surface area contributed by atoms with Gasteiger partial charge in [-0.3, -0.25) is 14.4 Å². The van der Waals surface area contributed by atoms with Crippen LogP contribution >= 0.6 is 0 Å². The van der Waals surface area contributed by atoms with Gasteiger partial charge in [0.05, 0.1) is 41.9 Å². The van der Waals surface area contributed by atoms with E-state index in [0.717, 1.165) is 5.57 Å². The smallest absolute Gasteiger partial charge is 0.306 e. The van der Waals surface area contributed by atoms with E-state index in [9.17, 15) is 39.9 Å². The van der Waals surface area contributed by atoms with E-state index in [4.69, 9.17) is 4.74 Å². The summed E-state index contributed by atoms with van der Waals surface area (Å²) in [7, 11) is 0. The standard InChI is InChI=1S/C30H42O9/c1-15(24(36)37)9-16(32)13-27(4,38)19-11-22(35)29(6)28(19,5)21(34)10-18-25(2)8-7-20(33)26(3,14-31)17(25)12-23-30(18,29)39-23/h10-11,15,17,20,22-23,31,33,35,38H,7-9,12-14H2,1-6H3,(H,36,37)/t15?,17?,20-,22+,23-,25-,26-,27?,28-,29+,30+/m0/s1. The number of fused-ring (bicyclic) bond motifs is 3. The van der Waals surface area contributed by atoms with Crippen molar-refractivity contribution in [1.82, 2.24) is 0 Å². The van der Waals surface area contributed by atoms with Gasteiger partial charge in [0, 0.05) is 23.7 Å². The SMILES string of the molecule is CC(CC(=O)CC(C)(O)C1=C[C@@H](O)[C@]2(C)[C@]1(C)C(=O)C=C1[C@]23O[C@H]3CC2[C@](C)(CO)[C@@H](O)CC[C@]12C)C(=O)O. The third-order valence-electron chi connectivity index (χ3n) is 11.9. The fraction of sp³-hybridized carbons (Fsp3) is 0.767. The maximum atomic E-state index is 14.2. The number of allylic oxidation sites excluding steroid dienone is 1. The molecule has 1 saturated heterocycles. The lowest BCUT2D eigenvalue weighted by Crippen LogP contribution is -2.67. The molecule has 9 nitrogen and oxygen atoms in total. The second kappa shape index (κ2) is 8.32. The zero-order valence-electron chi connectivity index (χ0n) is 23.7. The fourth-order valence-corrected chi connectivity index (χ4v) is 9.28. The number of aliphatic carboxylic acids is 1. The number of Topliss-reactive ketones (excluding diaryl/α,β-unsaturated/α-hetero) is 1. The average Bonchev–Trinajstić information content (AvgIpc) is 3.53. The van der Waals surface area contributed by atoms with Crippen molar-refractivity contribution in [3.8, 4) is 0 Å². The van der Waals surface area contributed by atoms with Crippen LogP contribution in [0.15, 0.2) is 23.3 Å². The summed E-state index contributed by atoms with van der Waals surface area (Å²) in [6, 6.07) is 0. The molecule has 5 N–H and O–H groups in total. The number of rotatable bonds is 7. The highest BCUT2D eigenvalue weighted by atomic mass is 16.6. The van der Waals surface area contributed by atoms with Gasteiger partial charge in [0.25, 0.3) is 0 Å². The first-order valence-corrected chi connectivity index (χ1v) is 14.0. The van der Waals surface area contributed by atoms with Crippen molar-refractivity contribution in [2.24, 2.45) is 33.5 Å². The Balaban J connectivity index is 1.57. The summed E-state index contributed by atoms with van der Waals surface area (Å²) in [4.78, 5) is 38.3. The minimum absolute atomic E-state index is 0.144. The lowest BCUT2D eigenvalue weighted by Gasteiger charge is -2.62. The van der Waals surface area contributed by atoms with E-state index in [0.29, 0.717) is 19.3 Å². The number of hydrogen-bond acceptors (Lipinski definition) is 8. The second-order valence-electron chi connectivity index (χ2n) is 14.0. The maximum absolute atomic E-state index is 14.2. The third-order valence-corrected chi connectivity index (χ3v) is 11.9. The highest BCUT2D eigenvalue weighted by Crippen LogP contribution is 2.79. The number of epoxide rings is 1. The largest absolute Gasteiger partial charge is 0.481 e. The van der Waals surface area contributed by atoms with Crippen molar-refractivity contribution in [3.05, 3.63) is 23.3 Å². The molecular formula is C30H42O9. The van der Waals surface area contributed by atoms with Gasteiger partial charge in [0.15, 0.2) is 5.78 Å². The Bertz CT molecular complexity index is 1200. The molecule has 39 heavy (non-hydrogen) atoms. The summed E-state index contributed by atoms with van der Waals surface area (Å²) in [5.41, 5.74) is -5.63. The summed E-state index contributed by atoms with van der Waals surface area (Å²) >= 11 is 0. The van der Waals surface area contributed by atoms with Gasteiger partial charge in [-0.15, -0.1) is 0 Å². The lowest BCUT2D eigenvalue weighted by atomic mass is 9.40. The Kier molecular flexibility index (Phi) is 6.10. The Labute approximate surface area is 228 Å². The number of ketones is 2. The molecule has 3 fully saturated rings. The Morgan fingerprint density at radius 3 is 2.44 bits per heavy atom. The topological polar surface area (TPSA) is 165 Å². The van der Waals surface area contributed by atoms with Gasteiger partial charge >= 0.3 is 5.97 Å². The summed E-state index contributed by atoms with van der Waals surface area (Å²) in [5.74, 6) is -2.90. The van der Waals surface area contributed by atoms with Crippen LogP contribution in [0.4, 0.5) is 0 Å². The van der Waals surface area contributed by atoms with Crippen molar-refractivity contribution in [1.29, 1.82) is 0 Å². The summed E-state index contributed by atoms with van der Waals surface area (Å²) < 4.78 is 6.53. The van der Waals surface area contributed by atoms with Gasteiger partial charge in [0.2, 0.25) is 0 Å². The second-order valence-corrected chi connectivity index (χ2v) is 14.0. The first-order valence-electron chi connectivity index (χ1n) is 14.0. The van der Waals surface area contributed by atoms with E-state index in [-0.39, 0.29) is 42.8 Å². The average molecular weight is 547 g/mol. The molecule has 4 aliphatic carbocycles. The Morgan fingerprint density at radius 1 is 1.21 bits per heavy atom. The molecule has 2 saturated carbocycles. The number of ether oxygens (including phenoxy) is 1. The molecule has 0 amide bonds. The predicted octanol–water partition coefficient (Wildman–Crippen LogP) is 1.95. The van der Waals surface area contributed by atoms with Crippen LogP contribution in [-0.4, -0.2) is 79.2 Å². The number of carbonyl (C=O) groups is 3. The molecule has 0 aromatic heterocycles. The van der Waals surface area contributed by atoms with Gasteiger partial charge in [-0.25, -0.2) is 0 Å². The molecule has 5 rings (SSSR count). The molecule has 0 bridgehead atoms. The van der Waals surface area contributed by atoms with E-state index in [2.05, 4.69) is 6.92 Å². The molecule has 3 unspecified atom stereocenters. The zero-order valence-corrected chi connectivity index (χ0v) is 23.7. The van der Waals surface area contributed by atoms with E-state index in [1.807, 2.05) is 13.8 Å². The number of aliphatic hydroxyl groups excluding tert-OH is 3. The van der Waals surface area contributed by atoms with Crippen LogP contribution in [0.25, 0.3) is 0 Å². The number of carboxylic acid groups (broad SMARTS) is 1. The summed E-state index contributed by atoms with van der Waals surface area (Å²) in [5, 5.41) is 53.7. The van der Waals surface area contributed by atoms with Crippen molar-refractivity contribution in [3.63, 3.8) is 0 Å². The first-order chi connectivity index (χ1) is 17.9. The normalized spacial score (nSPS) is 48.4. The summed E-state index contributed by atoms with van der Waals surface area (Å²) in [6.45, 7) is 10.1. The molecule has 0 radical (unpaired) electrons. The van der Waals surface area contributed by atoms with Gasteiger partial charge in [-0.05, 0) is 61.7 Å². The third kappa shape index (κ3) is 3.28. The minimum Gasteiger partial charge on any atom is -0.481 e. The van der Waals surface area contributed by atoms with Crippen LogP contribution in [0.2, 0.25) is 0 Å². The van der Waals surface area contributed by atoms with Crippen molar-refractivity contribution in [2.75, 3.05) is 6.61 Å². The maximum Gasteiger partial charge on any atom is 0.306 e. The zero-order chi connectivity index (χ0) is 29.1. The van der Waals surface area contributed by atoms with Crippen LogP contribution < -0.4 is 0 Å². The predicted molar refractivity (Wildman–Crippen MR) is 139 cm³/mol. The van der Waals surface area contributed by atoms with E-state index in [1.165, 1.54) is 19.9 Å². The van der Waals surface area contributed by atoms with Crippen LogP contribution in [0.3, 0.4) is 0 Å². The Morgan fingerprint density at radius 2 is 1.85 bits per heavy atom. The van der Waals surface area contributed by atoms with E-state index < -0.39 is 62.7 Å². The molecule has 1 aliphatic heterocycles. The van der Waals surface area contributed by atoms with Crippen LogP contribution in [0.5, 0.6) is 0 Å². The van der Waals surface area contributed by atoms with Gasteiger partial charge in [-0.2, -0.15) is 0 Å². The fourth-order valence-electron chi connectivity index (χ4n) is 9.28. The lowest BCUT2D eigenvalue weighted by molar-refractivity contribution is -0.151. The highest BCUT2D eigenvalue weighted by Gasteiger charge is 2.85. The molecule has 1 spiro atoms. The minimum atomic E-state index is -1.80. The number of carbonyl (C=O) groups excluding carboxylic acids is 2. The van der Waals surface area contributed by atoms with Crippen molar-refractivity contribution >= 4 is 17.5 Å². The van der Waals surface area contributed by atoms with Gasteiger partial charge in [0.1, 0.15) is 11.4 Å². The highest BCUT2D eigenvalue weighted by molar-refractivity contribution is 6.02. The van der Waals surface area contributed by atoms with Crippen LogP contribution in [-0.2, 0) is 19.1 Å². The van der Waals surface area contributed by atoms with Crippen LogP contribution in [0, 0.1) is 33.5 Å². The van der Waals surface area contributed by atoms with Gasteiger partial charge in [-0.1, -0.05) is 33.8 Å². The monoisotopic (exact) mass is 546 g/mol. The van der Waals surface area contributed by atoms with E-state index in [1.54, 1.807) is 13.0 Å². The molecular weight excluding hydrogens is 504 g/mol. The molecule has 0 aromatic rings. The van der Waals surface area contributed by atoms with E-state index >= 15 is 0 Å². The molecule has 0 aromatic carbocycles. The molecule has 5 aliphatic rings.